The maximum atomic E-state index is 13.7. The van der Waals surface area contributed by atoms with Gasteiger partial charge in [-0.2, -0.15) is 0 Å². The van der Waals surface area contributed by atoms with E-state index >= 15 is 0 Å². The lowest BCUT2D eigenvalue weighted by molar-refractivity contribution is -0.123. The van der Waals surface area contributed by atoms with Crippen molar-refractivity contribution in [2.24, 2.45) is 0 Å². The molecule has 5 nitrogen and oxygen atoms in total. The highest BCUT2D eigenvalue weighted by Gasteiger charge is 2.25. The Bertz CT molecular complexity index is 898. The number of hydrogen-bond acceptors (Lipinski definition) is 4. The predicted molar refractivity (Wildman–Crippen MR) is 121 cm³/mol. The Hall–Kier alpha value is -2.60. The molecule has 2 aromatic carbocycles. The number of hydrogen-bond donors (Lipinski definition) is 1. The summed E-state index contributed by atoms with van der Waals surface area (Å²) in [5.41, 5.74) is 3.96. The highest BCUT2D eigenvalue weighted by molar-refractivity contribution is 5.77. The number of amides is 1. The summed E-state index contributed by atoms with van der Waals surface area (Å²) in [6.07, 6.45) is 5.92. The molecule has 1 atom stereocenters. The van der Waals surface area contributed by atoms with Crippen LogP contribution >= 0.6 is 0 Å². The quantitative estimate of drug-likeness (QED) is 0.730. The van der Waals surface area contributed by atoms with Crippen molar-refractivity contribution in [2.45, 2.75) is 38.1 Å². The molecule has 31 heavy (non-hydrogen) atoms. The van der Waals surface area contributed by atoms with Gasteiger partial charge in [-0.05, 0) is 68.1 Å². The zero-order chi connectivity index (χ0) is 21.6. The minimum atomic E-state index is -0.458. The van der Waals surface area contributed by atoms with Gasteiger partial charge in [-0.1, -0.05) is 30.7 Å². The van der Waals surface area contributed by atoms with E-state index in [0.717, 1.165) is 26.1 Å². The molecule has 1 saturated heterocycles. The van der Waals surface area contributed by atoms with E-state index in [-0.39, 0.29) is 24.3 Å². The van der Waals surface area contributed by atoms with Gasteiger partial charge in [0.1, 0.15) is 0 Å². The van der Waals surface area contributed by atoms with Crippen molar-refractivity contribution in [3.63, 3.8) is 0 Å². The van der Waals surface area contributed by atoms with Crippen LogP contribution in [0.5, 0.6) is 5.75 Å². The number of benzene rings is 2. The number of carbonyl (C=O) groups is 1. The Labute approximate surface area is 184 Å². The van der Waals surface area contributed by atoms with Crippen LogP contribution in [0.15, 0.2) is 42.5 Å². The number of fused-ring (bicyclic) bond motifs is 1. The molecule has 0 aromatic heterocycles. The first-order valence-corrected chi connectivity index (χ1v) is 11.3. The maximum Gasteiger partial charge on any atom is 0.258 e. The van der Waals surface area contributed by atoms with E-state index in [0.29, 0.717) is 6.54 Å². The number of halogens is 1. The zero-order valence-electron chi connectivity index (χ0n) is 18.3. The zero-order valence-corrected chi connectivity index (χ0v) is 18.3. The number of rotatable bonds is 7. The summed E-state index contributed by atoms with van der Waals surface area (Å²) in [6, 6.07) is 13.0. The van der Waals surface area contributed by atoms with E-state index in [9.17, 15) is 9.18 Å². The molecule has 1 fully saturated rings. The average molecular weight is 426 g/mol. The number of piperidine rings is 1. The van der Waals surface area contributed by atoms with E-state index < -0.39 is 5.82 Å². The summed E-state index contributed by atoms with van der Waals surface area (Å²) >= 11 is 0. The van der Waals surface area contributed by atoms with Gasteiger partial charge in [-0.25, -0.2) is 4.39 Å². The van der Waals surface area contributed by atoms with E-state index in [2.05, 4.69) is 40.4 Å². The van der Waals surface area contributed by atoms with Crippen LogP contribution in [-0.4, -0.2) is 50.6 Å². The molecule has 6 heteroatoms. The molecule has 0 aliphatic carbocycles. The lowest BCUT2D eigenvalue weighted by Crippen LogP contribution is -2.41. The first kappa shape index (κ1) is 21.6. The lowest BCUT2D eigenvalue weighted by Gasteiger charge is -2.36. The van der Waals surface area contributed by atoms with Gasteiger partial charge in [0.05, 0.1) is 6.04 Å². The fourth-order valence-electron chi connectivity index (χ4n) is 4.67. The number of para-hydroxylation sites is 1. The molecule has 4 rings (SSSR count). The molecule has 2 aliphatic rings. The number of carbonyl (C=O) groups excluding carboxylic acids is 1. The Morgan fingerprint density at radius 3 is 2.71 bits per heavy atom. The Balaban J connectivity index is 1.43. The molecule has 166 valence electrons. The van der Waals surface area contributed by atoms with Gasteiger partial charge in [-0.3, -0.25) is 9.69 Å². The van der Waals surface area contributed by atoms with Crippen molar-refractivity contribution < 1.29 is 13.9 Å². The van der Waals surface area contributed by atoms with Gasteiger partial charge in [0.15, 0.2) is 18.2 Å². The fraction of sp³-hybridized carbons (Fsp3) is 0.480. The Morgan fingerprint density at radius 1 is 1.10 bits per heavy atom. The second kappa shape index (κ2) is 10.1. The average Bonchev–Trinajstić information content (AvgIpc) is 2.79. The van der Waals surface area contributed by atoms with Crippen molar-refractivity contribution in [3.8, 4) is 5.75 Å². The standard InChI is InChI=1S/C25H32FN3O2/c1-28-13-7-8-19-16-20(11-12-22(19)28)23(29-14-5-2-6-15-29)17-27-25(30)18-31-24-10-4-3-9-21(24)26/h3-4,9-12,16,23H,2,5-8,13-15,17-18H2,1H3,(H,27,30)/t23-/m1/s1. The molecule has 1 amide bonds. The van der Waals surface area contributed by atoms with E-state index in [1.54, 1.807) is 12.1 Å². The molecular weight excluding hydrogens is 393 g/mol. The van der Waals surface area contributed by atoms with Gasteiger partial charge in [0, 0.05) is 25.8 Å². The minimum absolute atomic E-state index is 0.101. The first-order valence-electron chi connectivity index (χ1n) is 11.3. The van der Waals surface area contributed by atoms with Crippen molar-refractivity contribution >= 4 is 11.6 Å². The molecule has 2 aliphatic heterocycles. The van der Waals surface area contributed by atoms with Gasteiger partial charge in [-0.15, -0.1) is 0 Å². The smallest absolute Gasteiger partial charge is 0.258 e. The van der Waals surface area contributed by atoms with Gasteiger partial charge < -0.3 is 15.0 Å². The monoisotopic (exact) mass is 425 g/mol. The minimum Gasteiger partial charge on any atom is -0.481 e. The number of aryl methyl sites for hydroxylation is 1. The molecule has 1 N–H and O–H groups in total. The highest BCUT2D eigenvalue weighted by Crippen LogP contribution is 2.31. The molecule has 0 spiro atoms. The number of nitrogens with zero attached hydrogens (tertiary/aromatic N) is 2. The van der Waals surface area contributed by atoms with Gasteiger partial charge in [0.25, 0.3) is 5.91 Å². The molecule has 0 radical (unpaired) electrons. The van der Waals surface area contributed by atoms with Crippen LogP contribution in [0.4, 0.5) is 10.1 Å². The summed E-state index contributed by atoms with van der Waals surface area (Å²) in [5.74, 6) is -0.590. The number of nitrogens with one attached hydrogen (secondary N) is 1. The van der Waals surface area contributed by atoms with Gasteiger partial charge >= 0.3 is 0 Å². The number of likely N-dealkylation sites (tertiary alicyclic amines) is 1. The third-order valence-electron chi connectivity index (χ3n) is 6.36. The van der Waals surface area contributed by atoms with Crippen molar-refractivity contribution in [1.29, 1.82) is 0 Å². The molecule has 2 aromatic rings. The summed E-state index contributed by atoms with van der Waals surface area (Å²) in [5, 5.41) is 3.02. The fourth-order valence-corrected chi connectivity index (χ4v) is 4.67. The van der Waals surface area contributed by atoms with Crippen LogP contribution in [0.2, 0.25) is 0 Å². The Kier molecular flexibility index (Phi) is 7.07. The van der Waals surface area contributed by atoms with E-state index in [4.69, 9.17) is 4.74 Å². The number of anilines is 1. The normalized spacial score (nSPS) is 17.7. The van der Waals surface area contributed by atoms with E-state index in [1.807, 2.05) is 0 Å². The molecular formula is C25H32FN3O2. The molecule has 2 heterocycles. The summed E-state index contributed by atoms with van der Waals surface area (Å²) < 4.78 is 19.1. The highest BCUT2D eigenvalue weighted by atomic mass is 19.1. The van der Waals surface area contributed by atoms with Gasteiger partial charge in [0.2, 0.25) is 0 Å². The SMILES string of the molecule is CN1CCCc2cc([C@@H](CNC(=O)COc3ccccc3F)N3CCCCC3)ccc21. The van der Waals surface area contributed by atoms with Crippen LogP contribution in [0.1, 0.15) is 42.9 Å². The third-order valence-corrected chi connectivity index (χ3v) is 6.36. The van der Waals surface area contributed by atoms with Crippen LogP contribution in [0.3, 0.4) is 0 Å². The van der Waals surface area contributed by atoms with Crippen molar-refractivity contribution in [1.82, 2.24) is 10.2 Å². The topological polar surface area (TPSA) is 44.8 Å². The van der Waals surface area contributed by atoms with Crippen molar-refractivity contribution in [3.05, 3.63) is 59.4 Å². The maximum absolute atomic E-state index is 13.7. The first-order chi connectivity index (χ1) is 15.1. The predicted octanol–water partition coefficient (Wildman–Crippen LogP) is 3.93. The third kappa shape index (κ3) is 5.37. The van der Waals surface area contributed by atoms with Crippen LogP contribution < -0.4 is 15.0 Å². The second-order valence-electron chi connectivity index (χ2n) is 8.55. The van der Waals surface area contributed by atoms with Crippen molar-refractivity contribution in [2.75, 3.05) is 44.7 Å². The van der Waals surface area contributed by atoms with Crippen LogP contribution in [0, 0.1) is 5.82 Å². The summed E-state index contributed by atoms with van der Waals surface area (Å²) in [6.45, 7) is 3.52. The van der Waals surface area contributed by atoms with Crippen LogP contribution in [0.25, 0.3) is 0 Å². The Morgan fingerprint density at radius 2 is 1.90 bits per heavy atom. The lowest BCUT2D eigenvalue weighted by atomic mass is 9.95. The molecule has 0 unspecified atom stereocenters. The van der Waals surface area contributed by atoms with E-state index in [1.165, 1.54) is 54.6 Å². The second-order valence-corrected chi connectivity index (χ2v) is 8.55. The molecule has 0 saturated carbocycles. The largest absolute Gasteiger partial charge is 0.481 e. The van der Waals surface area contributed by atoms with Crippen LogP contribution in [-0.2, 0) is 11.2 Å². The molecule has 0 bridgehead atoms. The number of ether oxygens (including phenoxy) is 1. The summed E-state index contributed by atoms with van der Waals surface area (Å²) in [4.78, 5) is 17.2. The summed E-state index contributed by atoms with van der Waals surface area (Å²) in [7, 11) is 2.15.